The maximum Gasteiger partial charge on any atom is 0.115 e. The number of phenolic OH excluding ortho intramolecular Hbond substituents is 1. The fourth-order valence-electron chi connectivity index (χ4n) is 1.64. The molecule has 12 heavy (non-hydrogen) atoms. The zero-order chi connectivity index (χ0) is 8.72. The van der Waals surface area contributed by atoms with E-state index in [0.29, 0.717) is 6.42 Å². The molecule has 2 unspecified atom stereocenters. The molecular weight excluding hydrogens is 154 g/mol. The van der Waals surface area contributed by atoms with E-state index in [-0.39, 0.29) is 11.8 Å². The highest BCUT2D eigenvalue weighted by molar-refractivity contribution is 5.40. The maximum atomic E-state index is 9.54. The largest absolute Gasteiger partial charge is 0.508 e. The van der Waals surface area contributed by atoms with Crippen molar-refractivity contribution in [2.75, 3.05) is 0 Å². The minimum atomic E-state index is -0.618. The molecule has 0 heterocycles. The Hall–Kier alpha value is -1.06. The fourth-order valence-corrected chi connectivity index (χ4v) is 1.64. The first-order valence-electron chi connectivity index (χ1n) is 3.94. The van der Waals surface area contributed by atoms with E-state index in [1.54, 1.807) is 18.2 Å². The molecule has 0 radical (unpaired) electrons. The van der Waals surface area contributed by atoms with Crippen molar-refractivity contribution in [1.29, 1.82) is 0 Å². The number of aromatic hydroxyl groups is 1. The van der Waals surface area contributed by atoms with Gasteiger partial charge in [0.05, 0.1) is 6.10 Å². The van der Waals surface area contributed by atoms with Crippen molar-refractivity contribution < 1.29 is 10.2 Å². The van der Waals surface area contributed by atoms with E-state index in [9.17, 15) is 5.11 Å². The highest BCUT2D eigenvalue weighted by Crippen LogP contribution is 2.32. The number of aliphatic hydroxyl groups is 1. The van der Waals surface area contributed by atoms with Crippen LogP contribution in [0.5, 0.6) is 5.75 Å². The molecule has 0 amide bonds. The van der Waals surface area contributed by atoms with E-state index in [1.807, 2.05) is 0 Å². The molecule has 0 aromatic heterocycles. The molecule has 0 saturated heterocycles. The van der Waals surface area contributed by atoms with E-state index in [4.69, 9.17) is 10.8 Å². The molecule has 0 fully saturated rings. The summed E-state index contributed by atoms with van der Waals surface area (Å²) in [4.78, 5) is 0. The van der Waals surface area contributed by atoms with Gasteiger partial charge in [-0.05, 0) is 29.7 Å². The van der Waals surface area contributed by atoms with Crippen LogP contribution in [0.4, 0.5) is 0 Å². The second-order valence-electron chi connectivity index (χ2n) is 3.20. The molecule has 1 aliphatic rings. The lowest BCUT2D eigenvalue weighted by Crippen LogP contribution is -2.24. The predicted molar refractivity (Wildman–Crippen MR) is 44.7 cm³/mol. The molecule has 3 heteroatoms. The van der Waals surface area contributed by atoms with Crippen molar-refractivity contribution in [3.05, 3.63) is 29.3 Å². The summed E-state index contributed by atoms with van der Waals surface area (Å²) in [6.07, 6.45) is 0.0728. The van der Waals surface area contributed by atoms with Crippen molar-refractivity contribution in [1.82, 2.24) is 0 Å². The first-order chi connectivity index (χ1) is 5.68. The van der Waals surface area contributed by atoms with Gasteiger partial charge in [-0.15, -0.1) is 0 Å². The zero-order valence-corrected chi connectivity index (χ0v) is 6.57. The van der Waals surface area contributed by atoms with Gasteiger partial charge in [-0.3, -0.25) is 0 Å². The van der Waals surface area contributed by atoms with Crippen LogP contribution in [0, 0.1) is 0 Å². The summed E-state index contributed by atoms with van der Waals surface area (Å²) in [6, 6.07) is 4.78. The van der Waals surface area contributed by atoms with Crippen molar-refractivity contribution >= 4 is 0 Å². The van der Waals surface area contributed by atoms with Gasteiger partial charge < -0.3 is 15.9 Å². The Morgan fingerprint density at radius 2 is 2.17 bits per heavy atom. The number of aliphatic hydroxyl groups excluding tert-OH is 1. The summed E-state index contributed by atoms with van der Waals surface area (Å²) in [5.74, 6) is 0.182. The van der Waals surface area contributed by atoms with Gasteiger partial charge in [0, 0.05) is 6.04 Å². The third-order valence-corrected chi connectivity index (χ3v) is 2.31. The Morgan fingerprint density at radius 3 is 2.92 bits per heavy atom. The van der Waals surface area contributed by atoms with E-state index in [1.165, 1.54) is 0 Å². The van der Waals surface area contributed by atoms with Gasteiger partial charge in [0.25, 0.3) is 0 Å². The van der Waals surface area contributed by atoms with E-state index in [0.717, 1.165) is 11.1 Å². The van der Waals surface area contributed by atoms with Crippen LogP contribution in [0.1, 0.15) is 17.2 Å². The predicted octanol–water partition coefficient (Wildman–Crippen LogP) is 0.309. The van der Waals surface area contributed by atoms with Crippen LogP contribution in [-0.4, -0.2) is 16.3 Å². The Morgan fingerprint density at radius 1 is 1.42 bits per heavy atom. The summed E-state index contributed by atoms with van der Waals surface area (Å²) in [5.41, 5.74) is 7.45. The van der Waals surface area contributed by atoms with Crippen LogP contribution in [-0.2, 0) is 6.42 Å². The topological polar surface area (TPSA) is 66.5 Å². The van der Waals surface area contributed by atoms with E-state index >= 15 is 0 Å². The molecule has 1 aromatic carbocycles. The number of nitrogens with two attached hydrogens (primary N) is 1. The summed E-state index contributed by atoms with van der Waals surface area (Å²) in [7, 11) is 0. The molecule has 1 aromatic rings. The molecule has 3 nitrogen and oxygen atoms in total. The minimum Gasteiger partial charge on any atom is -0.508 e. The van der Waals surface area contributed by atoms with Crippen molar-refractivity contribution in [2.45, 2.75) is 18.6 Å². The second kappa shape index (κ2) is 2.47. The monoisotopic (exact) mass is 165 g/mol. The molecule has 0 aliphatic heterocycles. The molecule has 0 spiro atoms. The molecule has 2 rings (SSSR count). The summed E-state index contributed by atoms with van der Waals surface area (Å²) in [5, 5.41) is 18.7. The van der Waals surface area contributed by atoms with Gasteiger partial charge in [0.1, 0.15) is 5.75 Å². The number of hydrogen-bond donors (Lipinski definition) is 3. The average molecular weight is 165 g/mol. The number of phenols is 1. The first-order valence-corrected chi connectivity index (χ1v) is 3.94. The Bertz CT molecular complexity index is 311. The van der Waals surface area contributed by atoms with Gasteiger partial charge in [0.15, 0.2) is 0 Å². The lowest BCUT2D eigenvalue weighted by molar-refractivity contribution is 0.159. The van der Waals surface area contributed by atoms with Crippen LogP contribution < -0.4 is 5.73 Å². The highest BCUT2D eigenvalue weighted by Gasteiger charge is 2.27. The first kappa shape index (κ1) is 7.58. The molecule has 64 valence electrons. The van der Waals surface area contributed by atoms with Gasteiger partial charge in [-0.2, -0.15) is 0 Å². The highest BCUT2D eigenvalue weighted by atomic mass is 16.3. The minimum absolute atomic E-state index is 0.182. The van der Waals surface area contributed by atoms with Crippen LogP contribution in [0.25, 0.3) is 0 Å². The number of fused-ring (bicyclic) bond motifs is 1. The summed E-state index contributed by atoms with van der Waals surface area (Å²) < 4.78 is 0. The maximum absolute atomic E-state index is 9.54. The van der Waals surface area contributed by atoms with Crippen molar-refractivity contribution in [3.8, 4) is 5.75 Å². The molecular formula is C9H11NO2. The normalized spacial score (nSPS) is 27.2. The van der Waals surface area contributed by atoms with E-state index in [2.05, 4.69) is 0 Å². The molecule has 0 saturated carbocycles. The average Bonchev–Trinajstić information content (AvgIpc) is 2.31. The van der Waals surface area contributed by atoms with Crippen molar-refractivity contribution in [3.63, 3.8) is 0 Å². The summed E-state index contributed by atoms with van der Waals surface area (Å²) >= 11 is 0. The third kappa shape index (κ3) is 0.983. The smallest absolute Gasteiger partial charge is 0.115 e. The molecule has 2 atom stereocenters. The standard InChI is InChI=1S/C9H11NO2/c10-8-3-5-1-2-6(11)4-7(5)9(8)12/h1-2,4,8-9,11-12H,3,10H2. The van der Waals surface area contributed by atoms with Gasteiger partial charge in [-0.25, -0.2) is 0 Å². The van der Waals surface area contributed by atoms with Crippen LogP contribution in [0.2, 0.25) is 0 Å². The van der Waals surface area contributed by atoms with Crippen LogP contribution >= 0.6 is 0 Å². The second-order valence-corrected chi connectivity index (χ2v) is 3.20. The van der Waals surface area contributed by atoms with Crippen molar-refractivity contribution in [2.24, 2.45) is 5.73 Å². The Kier molecular flexibility index (Phi) is 1.56. The molecule has 4 N–H and O–H groups in total. The lowest BCUT2D eigenvalue weighted by Gasteiger charge is -2.07. The zero-order valence-electron chi connectivity index (χ0n) is 6.57. The fraction of sp³-hybridized carbons (Fsp3) is 0.333. The Balaban J connectivity index is 2.48. The van der Waals surface area contributed by atoms with E-state index < -0.39 is 6.10 Å². The molecule has 1 aliphatic carbocycles. The third-order valence-electron chi connectivity index (χ3n) is 2.31. The van der Waals surface area contributed by atoms with Gasteiger partial charge in [-0.1, -0.05) is 6.07 Å². The van der Waals surface area contributed by atoms with Crippen LogP contribution in [0.15, 0.2) is 18.2 Å². The van der Waals surface area contributed by atoms with Gasteiger partial charge in [0.2, 0.25) is 0 Å². The summed E-state index contributed by atoms with van der Waals surface area (Å²) in [6.45, 7) is 0. The number of benzene rings is 1. The quantitative estimate of drug-likeness (QED) is 0.518. The van der Waals surface area contributed by atoms with Crippen LogP contribution in [0.3, 0.4) is 0 Å². The Labute approximate surface area is 70.4 Å². The van der Waals surface area contributed by atoms with Gasteiger partial charge >= 0.3 is 0 Å². The number of rotatable bonds is 0. The number of hydrogen-bond acceptors (Lipinski definition) is 3. The molecule has 0 bridgehead atoms. The lowest BCUT2D eigenvalue weighted by atomic mass is 10.1. The SMILES string of the molecule is NC1Cc2ccc(O)cc2C1O.